The van der Waals surface area contributed by atoms with E-state index in [0.717, 1.165) is 11.3 Å². The van der Waals surface area contributed by atoms with Crippen LogP contribution < -0.4 is 10.5 Å². The highest BCUT2D eigenvalue weighted by Crippen LogP contribution is 2.14. The van der Waals surface area contributed by atoms with E-state index in [0.29, 0.717) is 17.7 Å². The molecule has 0 aromatic heterocycles. The molecule has 0 aliphatic rings. The number of benzene rings is 2. The molecule has 0 fully saturated rings. The quantitative estimate of drug-likeness (QED) is 0.815. The summed E-state index contributed by atoms with van der Waals surface area (Å²) in [5.74, 6) is 0.811. The average molecular weight is 267 g/mol. The minimum Gasteiger partial charge on any atom is -0.497 e. The number of hydrogen-bond acceptors (Lipinski definition) is 2. The standard InChI is InChI=1S/C18H19NO/c1-20-17-13-11-15(12-14-17)7-3-2-4-8-16-9-5-6-10-18(16)19/h3-14H,2,19H2,1H3/b7-3+,8-4-/i4D,8D. The van der Waals surface area contributed by atoms with Gasteiger partial charge >= 0.3 is 0 Å². The molecule has 0 aliphatic heterocycles. The van der Waals surface area contributed by atoms with E-state index in [1.807, 2.05) is 48.6 Å². The SMILES string of the molecule is [2H]/C(C/C=C/c1ccc(OC)cc1)=C(\[2H])c1ccccc1N. The first-order valence-electron chi connectivity index (χ1n) is 7.43. The summed E-state index contributed by atoms with van der Waals surface area (Å²) >= 11 is 0. The van der Waals surface area contributed by atoms with Gasteiger partial charge in [-0.2, -0.15) is 0 Å². The highest BCUT2D eigenvalue weighted by Gasteiger charge is 1.91. The van der Waals surface area contributed by atoms with Crippen molar-refractivity contribution in [1.29, 1.82) is 0 Å². The molecule has 0 heterocycles. The normalized spacial score (nSPS) is 13.7. The molecule has 2 rings (SSSR count). The van der Waals surface area contributed by atoms with Crippen molar-refractivity contribution in [2.24, 2.45) is 0 Å². The molecular weight excluding hydrogens is 246 g/mol. The molecule has 0 amide bonds. The van der Waals surface area contributed by atoms with Gasteiger partial charge in [0.1, 0.15) is 5.75 Å². The summed E-state index contributed by atoms with van der Waals surface area (Å²) in [6.07, 6.45) is 4.19. The molecule has 2 heteroatoms. The number of ether oxygens (including phenoxy) is 1. The molecule has 0 saturated heterocycles. The van der Waals surface area contributed by atoms with Gasteiger partial charge in [0.2, 0.25) is 0 Å². The third-order valence-corrected chi connectivity index (χ3v) is 2.83. The lowest BCUT2D eigenvalue weighted by Crippen LogP contribution is -1.86. The molecule has 2 aromatic carbocycles. The fourth-order valence-corrected chi connectivity index (χ4v) is 1.73. The smallest absolute Gasteiger partial charge is 0.118 e. The van der Waals surface area contributed by atoms with E-state index >= 15 is 0 Å². The third-order valence-electron chi connectivity index (χ3n) is 2.83. The zero-order valence-electron chi connectivity index (χ0n) is 13.5. The van der Waals surface area contributed by atoms with Crippen LogP contribution in [0.5, 0.6) is 5.75 Å². The fourth-order valence-electron chi connectivity index (χ4n) is 1.73. The Labute approximate surface area is 123 Å². The second-order valence-electron chi connectivity index (χ2n) is 4.27. The molecule has 0 aliphatic carbocycles. The van der Waals surface area contributed by atoms with Crippen molar-refractivity contribution in [3.05, 3.63) is 71.8 Å². The van der Waals surface area contributed by atoms with E-state index in [1.165, 1.54) is 0 Å². The van der Waals surface area contributed by atoms with Crippen molar-refractivity contribution in [3.8, 4) is 5.75 Å². The first kappa shape index (κ1) is 11.4. The largest absolute Gasteiger partial charge is 0.497 e. The summed E-state index contributed by atoms with van der Waals surface area (Å²) in [5, 5.41) is 0. The number of methoxy groups -OCH3 is 1. The third kappa shape index (κ3) is 4.02. The Balaban J connectivity index is 2.07. The number of rotatable bonds is 5. The van der Waals surface area contributed by atoms with Crippen molar-refractivity contribution in [2.75, 3.05) is 12.8 Å². The van der Waals surface area contributed by atoms with Gasteiger partial charge in [-0.25, -0.2) is 0 Å². The average Bonchev–Trinajstić information content (AvgIpc) is 2.55. The van der Waals surface area contributed by atoms with E-state index in [-0.39, 0.29) is 12.1 Å². The van der Waals surface area contributed by atoms with E-state index in [9.17, 15) is 0 Å². The highest BCUT2D eigenvalue weighted by molar-refractivity contribution is 5.64. The van der Waals surface area contributed by atoms with E-state index in [4.69, 9.17) is 13.2 Å². The van der Waals surface area contributed by atoms with Crippen LogP contribution in [0, 0.1) is 0 Å². The van der Waals surface area contributed by atoms with Gasteiger partial charge in [0.15, 0.2) is 0 Å². The Hall–Kier alpha value is -2.48. The van der Waals surface area contributed by atoms with Crippen LogP contribution in [-0.2, 0) is 0 Å². The molecule has 20 heavy (non-hydrogen) atoms. The Bertz CT molecular complexity index is 690. The number of para-hydroxylation sites is 1. The molecule has 0 spiro atoms. The molecule has 0 radical (unpaired) electrons. The minimum atomic E-state index is 0.164. The first-order valence-corrected chi connectivity index (χ1v) is 6.43. The second kappa shape index (κ2) is 7.19. The molecule has 0 atom stereocenters. The van der Waals surface area contributed by atoms with E-state index in [1.54, 1.807) is 19.2 Å². The molecule has 2 nitrogen and oxygen atoms in total. The number of anilines is 1. The fraction of sp³-hybridized carbons (Fsp3) is 0.111. The van der Waals surface area contributed by atoms with Crippen LogP contribution in [0.1, 0.15) is 20.3 Å². The lowest BCUT2D eigenvalue weighted by atomic mass is 10.1. The monoisotopic (exact) mass is 267 g/mol. The van der Waals surface area contributed by atoms with Gasteiger partial charge in [-0.1, -0.05) is 54.6 Å². The Morgan fingerprint density at radius 3 is 2.60 bits per heavy atom. The first-order chi connectivity index (χ1) is 10.6. The van der Waals surface area contributed by atoms with Crippen LogP contribution in [0.3, 0.4) is 0 Å². The van der Waals surface area contributed by atoms with Gasteiger partial charge in [-0.15, -0.1) is 0 Å². The lowest BCUT2D eigenvalue weighted by molar-refractivity contribution is 0.415. The van der Waals surface area contributed by atoms with Crippen molar-refractivity contribution in [3.63, 3.8) is 0 Å². The summed E-state index contributed by atoms with van der Waals surface area (Å²) in [4.78, 5) is 0. The summed E-state index contributed by atoms with van der Waals surface area (Å²) in [6, 6.07) is 15.2. The molecular formula is C18H19NO. The van der Waals surface area contributed by atoms with Crippen molar-refractivity contribution in [2.45, 2.75) is 6.42 Å². The van der Waals surface area contributed by atoms with Gasteiger partial charge < -0.3 is 10.5 Å². The Morgan fingerprint density at radius 2 is 1.90 bits per heavy atom. The van der Waals surface area contributed by atoms with Crippen LogP contribution in [0.2, 0.25) is 0 Å². The summed E-state index contributed by atoms with van der Waals surface area (Å²) in [5.41, 5.74) is 7.99. The predicted octanol–water partition coefficient (Wildman–Crippen LogP) is 4.39. The maximum atomic E-state index is 8.06. The molecule has 0 saturated carbocycles. The van der Waals surface area contributed by atoms with Crippen LogP contribution >= 0.6 is 0 Å². The van der Waals surface area contributed by atoms with Gasteiger partial charge in [-0.3, -0.25) is 0 Å². The van der Waals surface area contributed by atoms with E-state index in [2.05, 4.69) is 0 Å². The topological polar surface area (TPSA) is 35.2 Å². The summed E-state index contributed by atoms with van der Waals surface area (Å²) in [6.45, 7) is 0. The Kier molecular flexibility index (Phi) is 4.08. The summed E-state index contributed by atoms with van der Waals surface area (Å²) < 4.78 is 21.2. The number of hydrogen-bond donors (Lipinski definition) is 1. The number of nitrogen functional groups attached to an aromatic ring is 1. The van der Waals surface area contributed by atoms with Crippen molar-refractivity contribution in [1.82, 2.24) is 0 Å². The second-order valence-corrected chi connectivity index (χ2v) is 4.27. The van der Waals surface area contributed by atoms with Crippen LogP contribution in [-0.4, -0.2) is 7.11 Å². The van der Waals surface area contributed by atoms with Gasteiger partial charge in [0.25, 0.3) is 0 Å². The molecule has 0 unspecified atom stereocenters. The number of allylic oxidation sites excluding steroid dienone is 2. The predicted molar refractivity (Wildman–Crippen MR) is 86.5 cm³/mol. The maximum Gasteiger partial charge on any atom is 0.118 e. The van der Waals surface area contributed by atoms with Crippen LogP contribution in [0.4, 0.5) is 5.69 Å². The zero-order chi connectivity index (χ0) is 15.9. The van der Waals surface area contributed by atoms with Gasteiger partial charge in [0.05, 0.1) is 9.85 Å². The van der Waals surface area contributed by atoms with Crippen molar-refractivity contribution >= 4 is 17.8 Å². The molecule has 0 bridgehead atoms. The number of nitrogens with two attached hydrogens (primary N) is 1. The Morgan fingerprint density at radius 1 is 1.15 bits per heavy atom. The van der Waals surface area contributed by atoms with Crippen LogP contribution in [0.15, 0.2) is 60.7 Å². The van der Waals surface area contributed by atoms with Crippen molar-refractivity contribution < 1.29 is 7.48 Å². The van der Waals surface area contributed by atoms with Gasteiger partial charge in [0, 0.05) is 5.69 Å². The molecule has 2 N–H and O–H groups in total. The minimum absolute atomic E-state index is 0.164. The zero-order valence-corrected chi connectivity index (χ0v) is 11.5. The highest BCUT2D eigenvalue weighted by atomic mass is 16.5. The molecule has 2 aromatic rings. The maximum absolute atomic E-state index is 8.06. The lowest BCUT2D eigenvalue weighted by Gasteiger charge is -1.99. The van der Waals surface area contributed by atoms with Crippen LogP contribution in [0.25, 0.3) is 12.1 Å². The summed E-state index contributed by atoms with van der Waals surface area (Å²) in [7, 11) is 1.63. The van der Waals surface area contributed by atoms with E-state index < -0.39 is 0 Å². The van der Waals surface area contributed by atoms with Gasteiger partial charge in [-0.05, 0) is 35.7 Å². The molecule has 102 valence electrons.